The highest BCUT2D eigenvalue weighted by molar-refractivity contribution is 5.22. The van der Waals surface area contributed by atoms with Crippen LogP contribution in [-0.4, -0.2) is 0 Å². The van der Waals surface area contributed by atoms with Crippen LogP contribution in [-0.2, 0) is 0 Å². The third-order valence-corrected chi connectivity index (χ3v) is 14.0. The lowest BCUT2D eigenvalue weighted by molar-refractivity contribution is -0.226. The highest BCUT2D eigenvalue weighted by Gasteiger charge is 2.70. The molecular formula is C35H60. The Kier molecular flexibility index (Phi) is 6.70. The topological polar surface area (TPSA) is 0 Å². The first kappa shape index (κ1) is 26.4. The van der Waals surface area contributed by atoms with Crippen LogP contribution >= 0.6 is 0 Å². The van der Waals surface area contributed by atoms with Crippen molar-refractivity contribution < 1.29 is 0 Å². The minimum atomic E-state index is 0.411. The van der Waals surface area contributed by atoms with Gasteiger partial charge in [0.25, 0.3) is 0 Å². The maximum atomic E-state index is 2.75. The minimum Gasteiger partial charge on any atom is -0.0911 e. The molecule has 5 saturated carbocycles. The summed E-state index contributed by atoms with van der Waals surface area (Å²) in [6.45, 7) is 22.9. The van der Waals surface area contributed by atoms with Gasteiger partial charge in [-0.1, -0.05) is 93.2 Å². The molecule has 5 aliphatic rings. The van der Waals surface area contributed by atoms with E-state index in [0.29, 0.717) is 16.2 Å². The molecule has 5 rings (SSSR count). The Bertz CT molecular complexity index is 799. The SMILES string of the molecule is CC=CC1(C)CC2(CC(CC3CC3CCC)C2C(C)C2(C)CC3(CC(C)C3CC)C2)C(C)C1CC. The van der Waals surface area contributed by atoms with Crippen molar-refractivity contribution in [3.05, 3.63) is 12.2 Å². The summed E-state index contributed by atoms with van der Waals surface area (Å²) in [5.74, 6) is 8.78. The quantitative estimate of drug-likeness (QED) is 0.288. The molecule has 0 amide bonds. The summed E-state index contributed by atoms with van der Waals surface area (Å²) in [7, 11) is 0. The molecule has 0 heteroatoms. The standard InChI is InChI=1S/C35H60/c1-10-14-26-16-27(26)17-28-19-35(22-32(8,15-11-2)30(13-4)24(35)6)31(28)25(7)33(9)20-34(21-33)18-23(5)29(34)12-3/h11,15,23-31H,10,12-14,16-22H2,1-9H3. The molecule has 0 nitrogen and oxygen atoms in total. The zero-order valence-electron chi connectivity index (χ0n) is 25.1. The summed E-state index contributed by atoms with van der Waals surface area (Å²) in [5.41, 5.74) is 2.35. The Morgan fingerprint density at radius 3 is 2.14 bits per heavy atom. The summed E-state index contributed by atoms with van der Waals surface area (Å²) >= 11 is 0. The fourth-order valence-electron chi connectivity index (χ4n) is 12.9. The van der Waals surface area contributed by atoms with E-state index in [9.17, 15) is 0 Å². The van der Waals surface area contributed by atoms with Crippen LogP contribution in [0.3, 0.4) is 0 Å². The summed E-state index contributed by atoms with van der Waals surface area (Å²) < 4.78 is 0. The van der Waals surface area contributed by atoms with Crippen molar-refractivity contribution in [3.63, 3.8) is 0 Å². The van der Waals surface area contributed by atoms with Gasteiger partial charge in [-0.2, -0.15) is 0 Å². The second kappa shape index (κ2) is 8.90. The molecule has 0 aromatic carbocycles. The van der Waals surface area contributed by atoms with Crippen molar-refractivity contribution in [3.8, 4) is 0 Å². The molecule has 0 aromatic rings. The molecule has 5 fully saturated rings. The Morgan fingerprint density at radius 1 is 0.886 bits per heavy atom. The van der Waals surface area contributed by atoms with E-state index in [1.165, 1.54) is 38.5 Å². The van der Waals surface area contributed by atoms with Gasteiger partial charge in [0.05, 0.1) is 0 Å². The highest BCUT2D eigenvalue weighted by Crippen LogP contribution is 2.78. The normalized spacial score (nSPS) is 55.7. The van der Waals surface area contributed by atoms with Crippen molar-refractivity contribution in [2.75, 3.05) is 0 Å². The molecule has 0 heterocycles. The number of allylic oxidation sites excluding steroid dienone is 2. The molecule has 200 valence electrons. The van der Waals surface area contributed by atoms with Gasteiger partial charge < -0.3 is 0 Å². The van der Waals surface area contributed by atoms with E-state index >= 15 is 0 Å². The molecule has 0 bridgehead atoms. The van der Waals surface area contributed by atoms with Crippen molar-refractivity contribution in [2.45, 2.75) is 133 Å². The summed E-state index contributed by atoms with van der Waals surface area (Å²) in [6.07, 6.45) is 21.4. The van der Waals surface area contributed by atoms with Gasteiger partial charge in [0.2, 0.25) is 0 Å². The van der Waals surface area contributed by atoms with Crippen LogP contribution in [0.25, 0.3) is 0 Å². The molecule has 5 aliphatic carbocycles. The molecule has 0 aromatic heterocycles. The van der Waals surface area contributed by atoms with E-state index in [4.69, 9.17) is 0 Å². The molecule has 11 unspecified atom stereocenters. The smallest absolute Gasteiger partial charge is 0.0110 e. The molecular weight excluding hydrogens is 420 g/mol. The first-order valence-corrected chi connectivity index (χ1v) is 16.2. The molecule has 0 saturated heterocycles. The van der Waals surface area contributed by atoms with Gasteiger partial charge in [0.15, 0.2) is 0 Å². The van der Waals surface area contributed by atoms with Gasteiger partial charge in [-0.15, -0.1) is 0 Å². The lowest BCUT2D eigenvalue weighted by Gasteiger charge is -2.72. The second-order valence-corrected chi connectivity index (χ2v) is 15.8. The molecule has 11 atom stereocenters. The Balaban J connectivity index is 1.39. The van der Waals surface area contributed by atoms with Gasteiger partial charge in [0.1, 0.15) is 0 Å². The van der Waals surface area contributed by atoms with E-state index in [-0.39, 0.29) is 0 Å². The van der Waals surface area contributed by atoms with Crippen LogP contribution in [0.2, 0.25) is 0 Å². The largest absolute Gasteiger partial charge is 0.0911 e. The van der Waals surface area contributed by atoms with Crippen molar-refractivity contribution >= 4 is 0 Å². The molecule has 0 N–H and O–H groups in total. The average molecular weight is 481 g/mol. The molecule has 0 aliphatic heterocycles. The van der Waals surface area contributed by atoms with Crippen molar-refractivity contribution in [1.82, 2.24) is 0 Å². The number of hydrogen-bond donors (Lipinski definition) is 0. The van der Waals surface area contributed by atoms with Gasteiger partial charge in [0, 0.05) is 0 Å². The minimum absolute atomic E-state index is 0.411. The fourth-order valence-corrected chi connectivity index (χ4v) is 12.9. The number of hydrogen-bond acceptors (Lipinski definition) is 0. The third-order valence-electron chi connectivity index (χ3n) is 14.0. The summed E-state index contributed by atoms with van der Waals surface area (Å²) in [4.78, 5) is 0. The molecule has 0 radical (unpaired) electrons. The third kappa shape index (κ3) is 3.79. The molecule has 35 heavy (non-hydrogen) atoms. The van der Waals surface area contributed by atoms with Crippen LogP contribution in [0.5, 0.6) is 0 Å². The predicted molar refractivity (Wildman–Crippen MR) is 152 cm³/mol. The second-order valence-electron chi connectivity index (χ2n) is 15.8. The maximum absolute atomic E-state index is 2.75. The van der Waals surface area contributed by atoms with Crippen LogP contribution in [0.1, 0.15) is 133 Å². The lowest BCUT2D eigenvalue weighted by Crippen LogP contribution is -2.64. The van der Waals surface area contributed by atoms with E-state index in [1.807, 2.05) is 0 Å². The van der Waals surface area contributed by atoms with E-state index in [2.05, 4.69) is 74.5 Å². The van der Waals surface area contributed by atoms with Crippen LogP contribution < -0.4 is 0 Å². The van der Waals surface area contributed by atoms with Gasteiger partial charge in [-0.3, -0.25) is 0 Å². The summed E-state index contributed by atoms with van der Waals surface area (Å²) in [6, 6.07) is 0. The van der Waals surface area contributed by atoms with Gasteiger partial charge in [-0.25, -0.2) is 0 Å². The van der Waals surface area contributed by atoms with Crippen LogP contribution in [0.15, 0.2) is 12.2 Å². The molecule has 2 spiro atoms. The average Bonchev–Trinajstić information content (AvgIpc) is 3.43. The maximum Gasteiger partial charge on any atom is -0.0110 e. The lowest BCUT2D eigenvalue weighted by atomic mass is 9.33. The Morgan fingerprint density at radius 2 is 1.57 bits per heavy atom. The van der Waals surface area contributed by atoms with Crippen molar-refractivity contribution in [2.24, 2.45) is 74.9 Å². The van der Waals surface area contributed by atoms with E-state index in [0.717, 1.165) is 58.7 Å². The first-order chi connectivity index (χ1) is 16.5. The van der Waals surface area contributed by atoms with Crippen LogP contribution in [0, 0.1) is 74.9 Å². The van der Waals surface area contributed by atoms with E-state index < -0.39 is 0 Å². The first-order valence-electron chi connectivity index (χ1n) is 16.2. The Labute approximate surface area is 219 Å². The number of rotatable bonds is 9. The monoisotopic (exact) mass is 480 g/mol. The predicted octanol–water partition coefficient (Wildman–Crippen LogP) is 10.6. The van der Waals surface area contributed by atoms with Gasteiger partial charge in [-0.05, 0) is 127 Å². The highest BCUT2D eigenvalue weighted by atomic mass is 14.7. The van der Waals surface area contributed by atoms with Gasteiger partial charge >= 0.3 is 0 Å². The Hall–Kier alpha value is -0.260. The zero-order chi connectivity index (χ0) is 25.4. The van der Waals surface area contributed by atoms with Crippen molar-refractivity contribution in [1.29, 1.82) is 0 Å². The van der Waals surface area contributed by atoms with Crippen LogP contribution in [0.4, 0.5) is 0 Å². The summed E-state index contributed by atoms with van der Waals surface area (Å²) in [5, 5.41) is 0. The zero-order valence-corrected chi connectivity index (χ0v) is 25.1. The van der Waals surface area contributed by atoms with E-state index in [1.54, 1.807) is 32.1 Å². The fraction of sp³-hybridized carbons (Fsp3) is 0.943.